The van der Waals surface area contributed by atoms with Gasteiger partial charge in [0.1, 0.15) is 13.7 Å². The molecule has 2 atom stereocenters. The Kier molecular flexibility index (Phi) is 8.58. The number of nitrogens with zero attached hydrogens (tertiary/aromatic N) is 1. The first-order valence-corrected chi connectivity index (χ1v) is 10.6. The van der Waals surface area contributed by atoms with E-state index in [0.29, 0.717) is 4.76 Å². The number of rotatable bonds is 10. The van der Waals surface area contributed by atoms with E-state index < -0.39 is 17.1 Å². The zero-order valence-electron chi connectivity index (χ0n) is 18.7. The molecule has 11 heteroatoms. The number of primary amides is 1. The van der Waals surface area contributed by atoms with Gasteiger partial charge in [-0.2, -0.15) is 15.5 Å². The molecule has 2 unspecified atom stereocenters. The molecule has 1 amide bonds. The van der Waals surface area contributed by atoms with E-state index in [-0.39, 0.29) is 36.9 Å². The normalized spacial score (nSPS) is 19.6. The van der Waals surface area contributed by atoms with E-state index in [4.69, 9.17) is 9.57 Å². The average molecular weight is 461 g/mol. The van der Waals surface area contributed by atoms with Gasteiger partial charge in [-0.25, -0.2) is 10.2 Å². The SMILES string of the molecule is COC[N+](=O)C1C=C([NH+](O)OC)C(=O)C(=CN[NH2+]C(=O)CNc2ccc3c(c2)CCC=C3)C1. The topological polar surface area (TPSA) is 138 Å². The third-order valence-corrected chi connectivity index (χ3v) is 5.36. The molecule has 6 N–H and O–H groups in total. The molecule has 11 nitrogen and oxygen atoms in total. The van der Waals surface area contributed by atoms with Crippen LogP contribution < -0.4 is 21.4 Å². The average Bonchev–Trinajstić information content (AvgIpc) is 2.83. The maximum atomic E-state index is 12.7. The van der Waals surface area contributed by atoms with Gasteiger partial charge in [0, 0.05) is 34.5 Å². The van der Waals surface area contributed by atoms with Gasteiger partial charge in [-0.15, -0.1) is 0 Å². The minimum atomic E-state index is -0.737. The van der Waals surface area contributed by atoms with Crippen LogP contribution in [0, 0.1) is 4.91 Å². The van der Waals surface area contributed by atoms with E-state index in [9.17, 15) is 19.7 Å². The first kappa shape index (κ1) is 24.4. The van der Waals surface area contributed by atoms with Crippen LogP contribution in [0.25, 0.3) is 6.08 Å². The largest absolute Gasteiger partial charge is 0.373 e. The summed E-state index contributed by atoms with van der Waals surface area (Å²) in [6, 6.07) is 5.26. The van der Waals surface area contributed by atoms with Gasteiger partial charge in [-0.1, -0.05) is 18.2 Å². The van der Waals surface area contributed by atoms with Crippen molar-refractivity contribution in [1.29, 1.82) is 0 Å². The molecular weight excluding hydrogens is 430 g/mol. The highest BCUT2D eigenvalue weighted by atomic mass is 16.9. The second-order valence-electron chi connectivity index (χ2n) is 7.68. The Morgan fingerprint density at radius 3 is 2.97 bits per heavy atom. The van der Waals surface area contributed by atoms with Gasteiger partial charge in [-0.3, -0.25) is 4.79 Å². The lowest BCUT2D eigenvalue weighted by molar-refractivity contribution is -1.21. The summed E-state index contributed by atoms with van der Waals surface area (Å²) in [5, 5.41) is 12.4. The van der Waals surface area contributed by atoms with Crippen molar-refractivity contribution in [3.63, 3.8) is 0 Å². The predicted octanol–water partition coefficient (Wildman–Crippen LogP) is -1.02. The number of hydroxylamine groups is 2. The molecule has 0 saturated heterocycles. The molecule has 0 heterocycles. The highest BCUT2D eigenvalue weighted by molar-refractivity contribution is 6.07. The quantitative estimate of drug-likeness (QED) is 0.0984. The number of hydrogen-bond acceptors (Lipinski definition) is 8. The van der Waals surface area contributed by atoms with Gasteiger partial charge in [0.25, 0.3) is 6.73 Å². The lowest BCUT2D eigenvalue weighted by Crippen LogP contribution is -3.07. The second-order valence-corrected chi connectivity index (χ2v) is 7.68. The van der Waals surface area contributed by atoms with Crippen LogP contribution in [-0.4, -0.2) is 55.2 Å². The minimum Gasteiger partial charge on any atom is -0.373 e. The summed E-state index contributed by atoms with van der Waals surface area (Å²) in [5.74, 6) is -0.720. The number of ketones is 1. The third kappa shape index (κ3) is 6.40. The van der Waals surface area contributed by atoms with Crippen molar-refractivity contribution in [3.05, 3.63) is 63.9 Å². The molecule has 33 heavy (non-hydrogen) atoms. The fourth-order valence-corrected chi connectivity index (χ4v) is 3.65. The van der Waals surface area contributed by atoms with Crippen LogP contribution in [0.4, 0.5) is 5.69 Å². The number of quaternary nitrogens is 2. The number of hydrogen-bond donors (Lipinski definition) is 5. The lowest BCUT2D eigenvalue weighted by atomic mass is 9.94. The van der Waals surface area contributed by atoms with Crippen LogP contribution in [0.3, 0.4) is 0 Å². The highest BCUT2D eigenvalue weighted by Crippen LogP contribution is 2.22. The van der Waals surface area contributed by atoms with E-state index in [1.165, 1.54) is 43.0 Å². The summed E-state index contributed by atoms with van der Waals surface area (Å²) in [5.41, 5.74) is 7.37. The highest BCUT2D eigenvalue weighted by Gasteiger charge is 2.39. The van der Waals surface area contributed by atoms with E-state index in [1.54, 1.807) is 0 Å². The molecule has 0 saturated carbocycles. The Hall–Kier alpha value is -3.22. The molecule has 0 bridgehead atoms. The molecule has 0 radical (unpaired) electrons. The Labute approximate surface area is 191 Å². The molecule has 2 aliphatic rings. The van der Waals surface area contributed by atoms with Gasteiger partial charge < -0.3 is 10.1 Å². The molecule has 0 fully saturated rings. The van der Waals surface area contributed by atoms with Gasteiger partial charge in [0.15, 0.2) is 0 Å². The molecule has 2 aliphatic carbocycles. The smallest absolute Gasteiger partial charge is 0.353 e. The number of aryl methyl sites for hydroxylation is 1. The Morgan fingerprint density at radius 2 is 2.21 bits per heavy atom. The number of methoxy groups -OCH3 is 1. The number of carbonyl (C=O) groups excluding carboxylic acids is 2. The van der Waals surface area contributed by atoms with Gasteiger partial charge in [-0.05, 0) is 41.3 Å². The van der Waals surface area contributed by atoms with E-state index >= 15 is 0 Å². The predicted molar refractivity (Wildman–Crippen MR) is 117 cm³/mol. The number of nitrogens with two attached hydrogens (primary N) is 1. The standard InChI is InChI=1S/C22H27N5O6/c1-32-14-26(30)19-10-17(22(29)20(11-19)27(31)33-2)12-24-25-21(28)13-23-18-8-7-15-5-3-4-6-16(15)9-18/h3,5,7-9,11-12,19,23,31H,4,6,10,13-14H2,1-2H3,(H-,24,25,28,29)/p+3. The summed E-state index contributed by atoms with van der Waals surface area (Å²) in [7, 11) is 2.61. The molecule has 1 aromatic carbocycles. The number of Topliss-reactive ketones (excluding diaryl/α,β-unsaturated/α-hetero) is 1. The molecule has 3 rings (SSSR count). The first-order valence-electron chi connectivity index (χ1n) is 10.6. The van der Waals surface area contributed by atoms with Crippen molar-refractivity contribution >= 4 is 23.5 Å². The van der Waals surface area contributed by atoms with Crippen molar-refractivity contribution < 1.29 is 39.8 Å². The summed E-state index contributed by atoms with van der Waals surface area (Å²) < 4.78 is 5.50. The summed E-state index contributed by atoms with van der Waals surface area (Å²) in [4.78, 5) is 41.8. The molecule has 176 valence electrons. The molecule has 0 aromatic heterocycles. The zero-order chi connectivity index (χ0) is 23.8. The zero-order valence-corrected chi connectivity index (χ0v) is 18.7. The van der Waals surface area contributed by atoms with E-state index in [0.717, 1.165) is 18.5 Å². The lowest BCUT2D eigenvalue weighted by Gasteiger charge is -2.17. The number of anilines is 1. The number of benzene rings is 1. The Morgan fingerprint density at radius 1 is 1.39 bits per heavy atom. The Bertz CT molecular complexity index is 1000. The van der Waals surface area contributed by atoms with Crippen LogP contribution in [0.15, 0.2) is 47.8 Å². The number of nitroso groups, excluding NO2 is 1. The van der Waals surface area contributed by atoms with Crippen LogP contribution in [0.5, 0.6) is 0 Å². The number of allylic oxidation sites excluding steroid dienone is 2. The fraction of sp³-hybridized carbons (Fsp3) is 0.364. The van der Waals surface area contributed by atoms with Gasteiger partial charge in [0.05, 0.1) is 12.3 Å². The number of fused-ring (bicyclic) bond motifs is 1. The minimum absolute atomic E-state index is 0.0763. The maximum absolute atomic E-state index is 12.7. The summed E-state index contributed by atoms with van der Waals surface area (Å²) in [6.07, 6.45) is 9.02. The van der Waals surface area contributed by atoms with Crippen LogP contribution >= 0.6 is 0 Å². The van der Waals surface area contributed by atoms with Gasteiger partial charge >= 0.3 is 5.91 Å². The fourth-order valence-electron chi connectivity index (χ4n) is 3.65. The molecule has 0 spiro atoms. The monoisotopic (exact) mass is 460 g/mol. The van der Waals surface area contributed by atoms with Crippen molar-refractivity contribution in [3.8, 4) is 0 Å². The van der Waals surface area contributed by atoms with Crippen molar-refractivity contribution in [1.82, 2.24) is 5.43 Å². The number of carbonyl (C=O) groups is 2. The van der Waals surface area contributed by atoms with Crippen molar-refractivity contribution in [2.75, 3.05) is 32.8 Å². The molecular formula is C22H30N5O6+3. The van der Waals surface area contributed by atoms with Crippen molar-refractivity contribution in [2.24, 2.45) is 0 Å². The number of ether oxygens (including phenoxy) is 1. The third-order valence-electron chi connectivity index (χ3n) is 5.36. The molecule has 0 aliphatic heterocycles. The second kappa shape index (κ2) is 11.6. The summed E-state index contributed by atoms with van der Waals surface area (Å²) >= 11 is 0. The first-order chi connectivity index (χ1) is 15.9. The maximum Gasteiger partial charge on any atom is 0.353 e. The van der Waals surface area contributed by atoms with E-state index in [2.05, 4.69) is 22.9 Å². The van der Waals surface area contributed by atoms with E-state index in [1.807, 2.05) is 18.2 Å². The Balaban J connectivity index is 1.57. The van der Waals surface area contributed by atoms with Crippen LogP contribution in [0.2, 0.25) is 0 Å². The van der Waals surface area contributed by atoms with Crippen LogP contribution in [-0.2, 0) is 25.6 Å². The van der Waals surface area contributed by atoms with Gasteiger partial charge in [0.2, 0.25) is 17.5 Å². The summed E-state index contributed by atoms with van der Waals surface area (Å²) in [6.45, 7) is -0.126. The number of nitrogens with one attached hydrogen (secondary N) is 3. The number of amides is 1. The van der Waals surface area contributed by atoms with Crippen molar-refractivity contribution in [2.45, 2.75) is 25.3 Å². The molecule has 1 aromatic rings. The van der Waals surface area contributed by atoms with Crippen LogP contribution in [0.1, 0.15) is 24.0 Å².